The summed E-state index contributed by atoms with van der Waals surface area (Å²) < 4.78 is 0. The van der Waals surface area contributed by atoms with Crippen LogP contribution in [0, 0.1) is 22.2 Å². The van der Waals surface area contributed by atoms with E-state index in [1.807, 2.05) is 0 Å². The van der Waals surface area contributed by atoms with Gasteiger partial charge in [-0.1, -0.05) is 20.8 Å². The van der Waals surface area contributed by atoms with Gasteiger partial charge in [0.15, 0.2) is 0 Å². The van der Waals surface area contributed by atoms with Gasteiger partial charge in [0, 0.05) is 6.42 Å². The zero-order valence-electron chi connectivity index (χ0n) is 8.09. The first-order valence-corrected chi connectivity index (χ1v) is 4.49. The van der Waals surface area contributed by atoms with Crippen LogP contribution >= 0.6 is 0 Å². The second kappa shape index (κ2) is 2.74. The highest BCUT2D eigenvalue weighted by molar-refractivity contribution is 5.03. The van der Waals surface area contributed by atoms with Gasteiger partial charge >= 0.3 is 0 Å². The number of rotatable bonds is 1. The van der Waals surface area contributed by atoms with Crippen molar-refractivity contribution in [2.24, 2.45) is 10.8 Å². The Morgan fingerprint density at radius 3 is 2.42 bits per heavy atom. The molecule has 0 aromatic carbocycles. The zero-order valence-corrected chi connectivity index (χ0v) is 8.09. The highest BCUT2D eigenvalue weighted by Crippen LogP contribution is 2.54. The first kappa shape index (κ1) is 9.54. The van der Waals surface area contributed by atoms with Gasteiger partial charge in [-0.3, -0.25) is 0 Å². The van der Waals surface area contributed by atoms with Crippen LogP contribution < -0.4 is 0 Å². The molecule has 1 aliphatic carbocycles. The molecule has 0 radical (unpaired) electrons. The highest BCUT2D eigenvalue weighted by atomic mass is 16.3. The van der Waals surface area contributed by atoms with Crippen molar-refractivity contribution < 1.29 is 5.11 Å². The molecule has 0 aromatic rings. The van der Waals surface area contributed by atoms with Gasteiger partial charge in [-0.2, -0.15) is 5.26 Å². The summed E-state index contributed by atoms with van der Waals surface area (Å²) in [5, 5.41) is 18.4. The van der Waals surface area contributed by atoms with Crippen LogP contribution in [0.5, 0.6) is 0 Å². The standard InChI is InChI=1S/C10H17NO/c1-9(2)8(12)4-5-10(9,3)6-7-11/h8,12H,4-6H2,1-3H3/t8-,10+/m1/s1. The Kier molecular flexibility index (Phi) is 2.18. The molecular formula is C10H17NO. The molecule has 1 rings (SSSR count). The van der Waals surface area contributed by atoms with Crippen molar-refractivity contribution in [2.45, 2.75) is 46.1 Å². The Morgan fingerprint density at radius 2 is 2.08 bits per heavy atom. The van der Waals surface area contributed by atoms with E-state index in [4.69, 9.17) is 5.26 Å². The number of hydrogen-bond acceptors (Lipinski definition) is 2. The quantitative estimate of drug-likeness (QED) is 0.649. The van der Waals surface area contributed by atoms with Crippen molar-refractivity contribution in [1.29, 1.82) is 5.26 Å². The largest absolute Gasteiger partial charge is 0.393 e. The molecule has 0 aromatic heterocycles. The minimum absolute atomic E-state index is 0.00116. The molecule has 0 amide bonds. The van der Waals surface area contributed by atoms with Gasteiger partial charge in [0.25, 0.3) is 0 Å². The normalized spacial score (nSPS) is 39.4. The van der Waals surface area contributed by atoms with Crippen LogP contribution in [0.1, 0.15) is 40.0 Å². The first-order chi connectivity index (χ1) is 5.44. The van der Waals surface area contributed by atoms with Crippen molar-refractivity contribution in [1.82, 2.24) is 0 Å². The molecule has 68 valence electrons. The molecule has 0 aliphatic heterocycles. The molecule has 12 heavy (non-hydrogen) atoms. The SMILES string of the molecule is CC1(C)[C@H](O)CC[C@@]1(C)CC#N. The second-order valence-electron chi connectivity index (χ2n) is 4.67. The van der Waals surface area contributed by atoms with Gasteiger partial charge < -0.3 is 5.11 Å². The maximum Gasteiger partial charge on any atom is 0.0627 e. The number of nitriles is 1. The van der Waals surface area contributed by atoms with E-state index in [2.05, 4.69) is 26.8 Å². The number of aliphatic hydroxyl groups is 1. The lowest BCUT2D eigenvalue weighted by atomic mass is 9.67. The Bertz CT molecular complexity index is 216. The lowest BCUT2D eigenvalue weighted by molar-refractivity contribution is 0.0143. The Hall–Kier alpha value is -0.550. The second-order valence-corrected chi connectivity index (χ2v) is 4.67. The summed E-state index contributed by atoms with van der Waals surface area (Å²) in [7, 11) is 0. The lowest BCUT2D eigenvalue weighted by Gasteiger charge is -2.38. The summed E-state index contributed by atoms with van der Waals surface area (Å²) >= 11 is 0. The first-order valence-electron chi connectivity index (χ1n) is 4.49. The molecule has 2 heteroatoms. The summed E-state index contributed by atoms with van der Waals surface area (Å²) in [6.45, 7) is 6.22. The van der Waals surface area contributed by atoms with Crippen LogP contribution in [0.2, 0.25) is 0 Å². The van der Waals surface area contributed by atoms with E-state index in [0.29, 0.717) is 6.42 Å². The van der Waals surface area contributed by atoms with Gasteiger partial charge in [0.05, 0.1) is 12.2 Å². The Labute approximate surface area is 74.2 Å². The molecular weight excluding hydrogens is 150 g/mol. The summed E-state index contributed by atoms with van der Waals surface area (Å²) in [5.74, 6) is 0. The molecule has 0 heterocycles. The van der Waals surface area contributed by atoms with E-state index in [0.717, 1.165) is 12.8 Å². The van der Waals surface area contributed by atoms with Crippen molar-refractivity contribution >= 4 is 0 Å². The third-order valence-corrected chi connectivity index (χ3v) is 3.83. The molecule has 0 bridgehead atoms. The maximum atomic E-state index is 9.71. The zero-order chi connectivity index (χ0) is 9.41. The van der Waals surface area contributed by atoms with E-state index in [9.17, 15) is 5.11 Å². The van der Waals surface area contributed by atoms with Gasteiger partial charge in [-0.15, -0.1) is 0 Å². The van der Waals surface area contributed by atoms with Gasteiger partial charge in [0.2, 0.25) is 0 Å². The number of nitrogens with zero attached hydrogens (tertiary/aromatic N) is 1. The minimum Gasteiger partial charge on any atom is -0.393 e. The monoisotopic (exact) mass is 167 g/mol. The predicted molar refractivity (Wildman–Crippen MR) is 47.4 cm³/mol. The predicted octanol–water partition coefficient (Wildman–Crippen LogP) is 2.09. The lowest BCUT2D eigenvalue weighted by Crippen LogP contribution is -2.36. The van der Waals surface area contributed by atoms with Crippen molar-refractivity contribution in [3.8, 4) is 6.07 Å². The van der Waals surface area contributed by atoms with Crippen LogP contribution in [-0.2, 0) is 0 Å². The van der Waals surface area contributed by atoms with E-state index in [1.165, 1.54) is 0 Å². The van der Waals surface area contributed by atoms with Gasteiger partial charge in [-0.25, -0.2) is 0 Å². The minimum atomic E-state index is -0.240. The Morgan fingerprint density at radius 1 is 1.50 bits per heavy atom. The summed E-state index contributed by atoms with van der Waals surface area (Å²) in [4.78, 5) is 0. The third-order valence-electron chi connectivity index (χ3n) is 3.83. The molecule has 0 unspecified atom stereocenters. The third kappa shape index (κ3) is 1.13. The molecule has 2 atom stereocenters. The molecule has 1 N–H and O–H groups in total. The average molecular weight is 167 g/mol. The van der Waals surface area contributed by atoms with Crippen LogP contribution in [0.4, 0.5) is 0 Å². The molecule has 1 aliphatic rings. The summed E-state index contributed by atoms with van der Waals surface area (Å²) in [5.41, 5.74) is -0.107. The summed E-state index contributed by atoms with van der Waals surface area (Å²) in [6.07, 6.45) is 2.12. The van der Waals surface area contributed by atoms with E-state index < -0.39 is 0 Å². The molecule has 2 nitrogen and oxygen atoms in total. The topological polar surface area (TPSA) is 44.0 Å². The molecule has 1 fully saturated rings. The fourth-order valence-electron chi connectivity index (χ4n) is 2.03. The summed E-state index contributed by atoms with van der Waals surface area (Å²) in [6, 6.07) is 2.22. The highest BCUT2D eigenvalue weighted by Gasteiger charge is 2.50. The van der Waals surface area contributed by atoms with E-state index in [1.54, 1.807) is 0 Å². The average Bonchev–Trinajstić information content (AvgIpc) is 2.16. The van der Waals surface area contributed by atoms with E-state index in [-0.39, 0.29) is 16.9 Å². The van der Waals surface area contributed by atoms with Gasteiger partial charge in [-0.05, 0) is 23.7 Å². The van der Waals surface area contributed by atoms with Crippen molar-refractivity contribution in [2.75, 3.05) is 0 Å². The van der Waals surface area contributed by atoms with Gasteiger partial charge in [0.1, 0.15) is 0 Å². The molecule has 0 saturated heterocycles. The number of aliphatic hydroxyl groups excluding tert-OH is 1. The van der Waals surface area contributed by atoms with E-state index >= 15 is 0 Å². The fourth-order valence-corrected chi connectivity index (χ4v) is 2.03. The fraction of sp³-hybridized carbons (Fsp3) is 0.900. The van der Waals surface area contributed by atoms with Crippen molar-refractivity contribution in [3.05, 3.63) is 0 Å². The number of hydrogen-bond donors (Lipinski definition) is 1. The van der Waals surface area contributed by atoms with Crippen molar-refractivity contribution in [3.63, 3.8) is 0 Å². The van der Waals surface area contributed by atoms with Crippen LogP contribution in [0.25, 0.3) is 0 Å². The maximum absolute atomic E-state index is 9.71. The van der Waals surface area contributed by atoms with Crippen LogP contribution in [0.3, 0.4) is 0 Å². The smallest absolute Gasteiger partial charge is 0.0627 e. The van der Waals surface area contributed by atoms with Crippen LogP contribution in [-0.4, -0.2) is 11.2 Å². The van der Waals surface area contributed by atoms with Crippen LogP contribution in [0.15, 0.2) is 0 Å². The Balaban J connectivity index is 2.87. The molecule has 0 spiro atoms. The molecule has 1 saturated carbocycles.